The molecule has 9 nitrogen and oxygen atoms in total. The number of nitrogens with one attached hydrogen (secondary N) is 1. The number of hydrogen-bond acceptors (Lipinski definition) is 8. The minimum atomic E-state index is -4.89. The van der Waals surface area contributed by atoms with Gasteiger partial charge in [0.1, 0.15) is 11.6 Å². The maximum absolute atomic E-state index is 12.7. The Morgan fingerprint density at radius 1 is 1.04 bits per heavy atom. The van der Waals surface area contributed by atoms with E-state index in [-0.39, 0.29) is 35.7 Å². The third-order valence-corrected chi connectivity index (χ3v) is 4.12. The van der Waals surface area contributed by atoms with Crippen LogP contribution in [0.3, 0.4) is 0 Å². The Kier molecular flexibility index (Phi) is 6.08. The summed E-state index contributed by atoms with van der Waals surface area (Å²) in [6.45, 7) is 0. The first-order valence-electron chi connectivity index (χ1n) is 7.09. The van der Waals surface area contributed by atoms with E-state index in [4.69, 9.17) is 14.2 Å². The molecular formula is C14H16F2N4O5S. The van der Waals surface area contributed by atoms with Gasteiger partial charge in [0.25, 0.3) is 10.0 Å². The molecular weight excluding hydrogens is 374 g/mol. The smallest absolute Gasteiger partial charge is 0.355 e. The third kappa shape index (κ3) is 4.45. The summed E-state index contributed by atoms with van der Waals surface area (Å²) in [5, 5.41) is 0. The summed E-state index contributed by atoms with van der Waals surface area (Å²) in [6.07, 6.45) is -0.0203. The minimum absolute atomic E-state index is 0.00976. The summed E-state index contributed by atoms with van der Waals surface area (Å²) in [7, 11) is -0.897. The normalized spacial score (nSPS) is 11.3. The van der Waals surface area contributed by atoms with Crippen LogP contribution in [0.25, 0.3) is 0 Å². The molecule has 1 N–H and O–H groups in total. The number of hydrogen-bond donors (Lipinski definition) is 1. The number of para-hydroxylation sites is 1. The van der Waals surface area contributed by atoms with E-state index in [0.717, 1.165) is 0 Å². The zero-order chi connectivity index (χ0) is 19.3. The fourth-order valence-corrected chi connectivity index (χ4v) is 2.61. The Balaban J connectivity index is 2.47. The molecule has 1 aromatic carbocycles. The molecule has 0 fully saturated rings. The van der Waals surface area contributed by atoms with Crippen LogP contribution in [0.4, 0.5) is 14.5 Å². The van der Waals surface area contributed by atoms with Crippen LogP contribution in [-0.2, 0) is 16.4 Å². The zero-order valence-corrected chi connectivity index (χ0v) is 14.9. The lowest BCUT2D eigenvalue weighted by molar-refractivity contribution is 0.236. The van der Waals surface area contributed by atoms with Gasteiger partial charge < -0.3 is 14.2 Å². The quantitative estimate of drug-likeness (QED) is 0.721. The van der Waals surface area contributed by atoms with Crippen LogP contribution in [0.15, 0.2) is 18.2 Å². The van der Waals surface area contributed by atoms with Crippen LogP contribution in [0.2, 0.25) is 0 Å². The van der Waals surface area contributed by atoms with Crippen molar-refractivity contribution in [1.82, 2.24) is 15.0 Å². The number of rotatable bonds is 8. The van der Waals surface area contributed by atoms with E-state index in [1.165, 1.54) is 33.5 Å². The van der Waals surface area contributed by atoms with E-state index in [2.05, 4.69) is 15.0 Å². The highest BCUT2D eigenvalue weighted by atomic mass is 32.2. The van der Waals surface area contributed by atoms with Crippen molar-refractivity contribution >= 4 is 15.7 Å². The number of methoxy groups -OCH3 is 3. The lowest BCUT2D eigenvalue weighted by atomic mass is 10.1. The van der Waals surface area contributed by atoms with Gasteiger partial charge in [0.15, 0.2) is 0 Å². The van der Waals surface area contributed by atoms with E-state index >= 15 is 0 Å². The molecule has 0 saturated heterocycles. The number of sulfonamides is 1. The molecule has 0 bridgehead atoms. The van der Waals surface area contributed by atoms with Gasteiger partial charge in [-0.3, -0.25) is 4.72 Å². The second kappa shape index (κ2) is 8.08. The Morgan fingerprint density at radius 3 is 2.15 bits per heavy atom. The van der Waals surface area contributed by atoms with Crippen molar-refractivity contribution in [2.75, 3.05) is 26.1 Å². The monoisotopic (exact) mass is 390 g/mol. The van der Waals surface area contributed by atoms with Gasteiger partial charge in [0, 0.05) is 6.42 Å². The molecule has 0 aliphatic heterocycles. The molecule has 1 heterocycles. The number of nitrogens with zero attached hydrogens (tertiary/aromatic N) is 3. The molecule has 2 rings (SSSR count). The van der Waals surface area contributed by atoms with Gasteiger partial charge in [-0.2, -0.15) is 18.7 Å². The second-order valence-corrected chi connectivity index (χ2v) is 6.45. The molecule has 26 heavy (non-hydrogen) atoms. The van der Waals surface area contributed by atoms with Crippen molar-refractivity contribution < 1.29 is 31.4 Å². The predicted octanol–water partition coefficient (Wildman–Crippen LogP) is 1.45. The maximum atomic E-state index is 12.7. The van der Waals surface area contributed by atoms with Gasteiger partial charge >= 0.3 is 17.8 Å². The van der Waals surface area contributed by atoms with Crippen molar-refractivity contribution in [3.63, 3.8) is 0 Å². The summed E-state index contributed by atoms with van der Waals surface area (Å²) >= 11 is 0. The molecule has 0 aliphatic carbocycles. The summed E-state index contributed by atoms with van der Waals surface area (Å²) in [6, 6.07) is 4.51. The molecule has 0 unspecified atom stereocenters. The minimum Gasteiger partial charge on any atom is -0.495 e. The van der Waals surface area contributed by atoms with Crippen LogP contribution >= 0.6 is 0 Å². The number of ether oxygens (including phenoxy) is 3. The summed E-state index contributed by atoms with van der Waals surface area (Å²) in [5.41, 5.74) is 0.178. The van der Waals surface area contributed by atoms with Gasteiger partial charge in [0.2, 0.25) is 0 Å². The molecule has 0 amide bonds. The number of halogens is 2. The summed E-state index contributed by atoms with van der Waals surface area (Å²) in [4.78, 5) is 11.9. The van der Waals surface area contributed by atoms with Crippen LogP contribution in [-0.4, -0.2) is 50.5 Å². The maximum Gasteiger partial charge on any atom is 0.355 e. The van der Waals surface area contributed by atoms with Gasteiger partial charge in [0.05, 0.1) is 27.0 Å². The fraction of sp³-hybridized carbons (Fsp3) is 0.357. The first kappa shape index (κ1) is 19.6. The van der Waals surface area contributed by atoms with Gasteiger partial charge in [-0.1, -0.05) is 12.1 Å². The molecule has 12 heteroatoms. The Bertz CT molecular complexity index is 857. The second-order valence-electron chi connectivity index (χ2n) is 4.80. The first-order valence-corrected chi connectivity index (χ1v) is 8.64. The lowest BCUT2D eigenvalue weighted by Gasteiger charge is -2.15. The van der Waals surface area contributed by atoms with Crippen molar-refractivity contribution in [2.45, 2.75) is 12.2 Å². The SMILES string of the molecule is COc1nc(Cc2cccc(OC)c2NS(=O)(=O)C(F)F)nc(OC)n1. The highest BCUT2D eigenvalue weighted by molar-refractivity contribution is 7.93. The van der Waals surface area contributed by atoms with Gasteiger partial charge in [-0.25, -0.2) is 8.42 Å². The largest absolute Gasteiger partial charge is 0.495 e. The summed E-state index contributed by atoms with van der Waals surface area (Å²) < 4.78 is 65.4. The van der Waals surface area contributed by atoms with Crippen LogP contribution in [0.5, 0.6) is 17.8 Å². The molecule has 1 aromatic heterocycles. The van der Waals surface area contributed by atoms with Crippen molar-refractivity contribution in [1.29, 1.82) is 0 Å². The van der Waals surface area contributed by atoms with Crippen LogP contribution in [0.1, 0.15) is 11.4 Å². The highest BCUT2D eigenvalue weighted by Gasteiger charge is 2.26. The van der Waals surface area contributed by atoms with Crippen molar-refractivity contribution in [2.24, 2.45) is 0 Å². The molecule has 0 spiro atoms. The van der Waals surface area contributed by atoms with E-state index in [1.807, 2.05) is 4.72 Å². The molecule has 2 aromatic rings. The number of anilines is 1. The summed E-state index contributed by atoms with van der Waals surface area (Å²) in [5.74, 6) is -3.35. The molecule has 0 atom stereocenters. The van der Waals surface area contributed by atoms with Gasteiger partial charge in [-0.15, -0.1) is 4.98 Å². The topological polar surface area (TPSA) is 113 Å². The van der Waals surface area contributed by atoms with E-state index in [9.17, 15) is 17.2 Å². The number of aromatic nitrogens is 3. The third-order valence-electron chi connectivity index (χ3n) is 3.17. The Morgan fingerprint density at radius 2 is 1.65 bits per heavy atom. The lowest BCUT2D eigenvalue weighted by Crippen LogP contribution is -2.22. The standard InChI is InChI=1S/C14H16F2N4O5S/c1-23-9-6-4-5-8(11(9)20-26(21,22)12(15)16)7-10-17-13(24-2)19-14(18-10)25-3/h4-6,12,20H,7H2,1-3H3. The molecule has 0 saturated carbocycles. The van der Waals surface area contributed by atoms with E-state index in [0.29, 0.717) is 5.56 Å². The average molecular weight is 390 g/mol. The van der Waals surface area contributed by atoms with Crippen molar-refractivity contribution in [3.8, 4) is 17.8 Å². The first-order chi connectivity index (χ1) is 12.3. The Labute approximate surface area is 148 Å². The molecule has 0 radical (unpaired) electrons. The van der Waals surface area contributed by atoms with Crippen molar-refractivity contribution in [3.05, 3.63) is 29.6 Å². The van der Waals surface area contributed by atoms with Crippen LogP contribution in [0, 0.1) is 0 Å². The average Bonchev–Trinajstić information content (AvgIpc) is 2.62. The number of benzene rings is 1. The number of alkyl halides is 2. The Hall–Kier alpha value is -2.76. The highest BCUT2D eigenvalue weighted by Crippen LogP contribution is 2.31. The van der Waals surface area contributed by atoms with Crippen LogP contribution < -0.4 is 18.9 Å². The van der Waals surface area contributed by atoms with Gasteiger partial charge in [-0.05, 0) is 11.6 Å². The fourth-order valence-electron chi connectivity index (χ4n) is 2.01. The predicted molar refractivity (Wildman–Crippen MR) is 87.3 cm³/mol. The molecule has 142 valence electrons. The zero-order valence-electron chi connectivity index (χ0n) is 14.1. The van der Waals surface area contributed by atoms with E-state index < -0.39 is 15.8 Å². The molecule has 0 aliphatic rings. The van der Waals surface area contributed by atoms with E-state index in [1.54, 1.807) is 6.07 Å².